The third-order valence-electron chi connectivity index (χ3n) is 3.86. The molecule has 3 rings (SSSR count). The largest absolute Gasteiger partial charge is 0.573 e. The van der Waals surface area contributed by atoms with Gasteiger partial charge in [0, 0.05) is 11.8 Å². The first-order chi connectivity index (χ1) is 13.9. The van der Waals surface area contributed by atoms with Crippen molar-refractivity contribution in [2.75, 3.05) is 5.32 Å². The molecule has 1 aromatic heterocycles. The Morgan fingerprint density at radius 3 is 2.55 bits per heavy atom. The molecule has 0 aliphatic carbocycles. The minimum Gasteiger partial charge on any atom is -0.404 e. The molecule has 0 atom stereocenters. The minimum absolute atomic E-state index is 0.0259. The number of hydrogen-bond donors (Lipinski definition) is 2. The zero-order valence-electron chi connectivity index (χ0n) is 15.3. The lowest BCUT2D eigenvalue weighted by Gasteiger charge is -2.14. The van der Waals surface area contributed by atoms with Gasteiger partial charge >= 0.3 is 6.36 Å². The number of anilines is 1. The summed E-state index contributed by atoms with van der Waals surface area (Å²) >= 11 is 1.55. The highest BCUT2D eigenvalue weighted by Crippen LogP contribution is 2.29. The smallest absolute Gasteiger partial charge is 0.404 e. The van der Waals surface area contributed by atoms with E-state index in [0.29, 0.717) is 0 Å². The second-order valence-electron chi connectivity index (χ2n) is 6.09. The van der Waals surface area contributed by atoms with Crippen molar-refractivity contribution in [2.45, 2.75) is 25.7 Å². The third kappa shape index (κ3) is 6.79. The van der Waals surface area contributed by atoms with Crippen LogP contribution in [0.5, 0.6) is 5.75 Å². The van der Waals surface area contributed by atoms with Crippen LogP contribution in [0.1, 0.15) is 16.3 Å². The van der Waals surface area contributed by atoms with E-state index < -0.39 is 6.36 Å². The molecule has 0 aliphatic heterocycles. The molecular formula is C20H19F3N4OS. The number of aromatic nitrogens is 1. The van der Waals surface area contributed by atoms with Gasteiger partial charge in [-0.15, -0.1) is 24.5 Å². The van der Waals surface area contributed by atoms with Crippen molar-refractivity contribution in [3.05, 3.63) is 76.2 Å². The van der Waals surface area contributed by atoms with E-state index in [2.05, 4.69) is 32.2 Å². The lowest BCUT2D eigenvalue weighted by atomic mass is 10.1. The number of para-hydroxylation sites is 2. The van der Waals surface area contributed by atoms with Crippen molar-refractivity contribution in [3.8, 4) is 5.75 Å². The van der Waals surface area contributed by atoms with Crippen molar-refractivity contribution >= 4 is 23.0 Å². The van der Waals surface area contributed by atoms with E-state index in [1.165, 1.54) is 23.8 Å². The van der Waals surface area contributed by atoms with E-state index in [9.17, 15) is 13.2 Å². The lowest BCUT2D eigenvalue weighted by Crippen LogP contribution is -2.24. The van der Waals surface area contributed by atoms with Crippen molar-refractivity contribution in [3.63, 3.8) is 0 Å². The fourth-order valence-electron chi connectivity index (χ4n) is 2.56. The molecule has 0 radical (unpaired) electrons. The lowest BCUT2D eigenvalue weighted by molar-refractivity contribution is -0.274. The molecule has 9 heteroatoms. The van der Waals surface area contributed by atoms with E-state index in [0.717, 1.165) is 23.5 Å². The Hall–Kier alpha value is -3.07. The van der Waals surface area contributed by atoms with Crippen LogP contribution < -0.4 is 15.8 Å². The summed E-state index contributed by atoms with van der Waals surface area (Å²) in [5, 5.41) is 5.53. The molecule has 3 aromatic rings. The molecule has 0 amide bonds. The summed E-state index contributed by atoms with van der Waals surface area (Å²) in [6, 6.07) is 15.8. The number of nitrogens with one attached hydrogen (secondary N) is 1. The average molecular weight is 420 g/mol. The summed E-state index contributed by atoms with van der Waals surface area (Å²) in [4.78, 5) is 8.67. The first-order valence-corrected chi connectivity index (χ1v) is 9.66. The van der Waals surface area contributed by atoms with Gasteiger partial charge in [0.15, 0.2) is 11.7 Å². The van der Waals surface area contributed by atoms with Crippen LogP contribution in [0.2, 0.25) is 0 Å². The molecule has 5 nitrogen and oxygen atoms in total. The van der Waals surface area contributed by atoms with E-state index in [4.69, 9.17) is 5.73 Å². The van der Waals surface area contributed by atoms with Crippen LogP contribution in [0.15, 0.2) is 65.0 Å². The number of aliphatic imine (C=N–C) groups is 1. The highest BCUT2D eigenvalue weighted by molar-refractivity contribution is 7.09. The fourth-order valence-corrected chi connectivity index (χ4v) is 3.35. The number of nitrogens with two attached hydrogens (primary N) is 1. The second kappa shape index (κ2) is 9.42. The number of alkyl halides is 3. The molecule has 0 saturated heterocycles. The number of aryl methyl sites for hydroxylation is 2. The molecule has 0 unspecified atom stereocenters. The summed E-state index contributed by atoms with van der Waals surface area (Å²) in [5.74, 6) is -0.405. The highest BCUT2D eigenvalue weighted by atomic mass is 32.1. The average Bonchev–Trinajstić information content (AvgIpc) is 3.14. The summed E-state index contributed by atoms with van der Waals surface area (Å²) < 4.78 is 41.4. The quantitative estimate of drug-likeness (QED) is 0.427. The van der Waals surface area contributed by atoms with Gasteiger partial charge in [-0.3, -0.25) is 0 Å². The van der Waals surface area contributed by atoms with Gasteiger partial charge in [0.2, 0.25) is 0 Å². The fraction of sp³-hybridized carbons (Fsp3) is 0.200. The Morgan fingerprint density at radius 1 is 1.07 bits per heavy atom. The predicted molar refractivity (Wildman–Crippen MR) is 108 cm³/mol. The number of thiazole rings is 1. The molecule has 0 bridgehead atoms. The van der Waals surface area contributed by atoms with Gasteiger partial charge in [0.05, 0.1) is 22.9 Å². The summed E-state index contributed by atoms with van der Waals surface area (Å²) in [5.41, 5.74) is 7.88. The first kappa shape index (κ1) is 20.7. The molecule has 0 spiro atoms. The second-order valence-corrected chi connectivity index (χ2v) is 7.03. The predicted octanol–water partition coefficient (Wildman–Crippen LogP) is 4.75. The number of benzene rings is 2. The number of hydrogen-bond acceptors (Lipinski definition) is 4. The van der Waals surface area contributed by atoms with Crippen LogP contribution >= 0.6 is 11.3 Å². The number of nitrogens with zero attached hydrogens (tertiary/aromatic N) is 2. The van der Waals surface area contributed by atoms with Crippen molar-refractivity contribution in [1.82, 2.24) is 4.98 Å². The van der Waals surface area contributed by atoms with Gasteiger partial charge in [0.1, 0.15) is 0 Å². The first-order valence-electron chi connectivity index (χ1n) is 8.78. The van der Waals surface area contributed by atoms with Crippen molar-refractivity contribution < 1.29 is 17.9 Å². The standard InChI is InChI=1S/C20H19F3N4OS/c21-20(22,23)28-17-9-5-4-8-16(17)27-19(24)25-12-15-13-29-18(26-15)11-10-14-6-2-1-3-7-14/h1-9,13H,10-12H2,(H3,24,25,27). The Kier molecular flexibility index (Phi) is 6.71. The molecule has 152 valence electrons. The molecule has 0 aliphatic rings. The summed E-state index contributed by atoms with van der Waals surface area (Å²) in [6.45, 7) is 0.225. The number of halogens is 3. The SMILES string of the molecule is NC(=NCc1csc(CCc2ccccc2)n1)Nc1ccccc1OC(F)(F)F. The maximum Gasteiger partial charge on any atom is 0.573 e. The Balaban J connectivity index is 1.56. The molecule has 29 heavy (non-hydrogen) atoms. The Morgan fingerprint density at radius 2 is 1.79 bits per heavy atom. The van der Waals surface area contributed by atoms with E-state index in [1.54, 1.807) is 17.4 Å². The van der Waals surface area contributed by atoms with Crippen LogP contribution in [0.25, 0.3) is 0 Å². The minimum atomic E-state index is -4.79. The number of rotatable bonds is 7. The van der Waals surface area contributed by atoms with E-state index in [-0.39, 0.29) is 23.9 Å². The van der Waals surface area contributed by atoms with E-state index >= 15 is 0 Å². The zero-order chi connectivity index (χ0) is 20.7. The van der Waals surface area contributed by atoms with Gasteiger partial charge in [0.25, 0.3) is 0 Å². The Bertz CT molecular complexity index is 958. The van der Waals surface area contributed by atoms with Crippen LogP contribution in [-0.4, -0.2) is 17.3 Å². The monoisotopic (exact) mass is 420 g/mol. The topological polar surface area (TPSA) is 72.5 Å². The molecule has 3 N–H and O–H groups in total. The number of guanidine groups is 1. The zero-order valence-corrected chi connectivity index (χ0v) is 16.1. The van der Waals surface area contributed by atoms with Gasteiger partial charge < -0.3 is 15.8 Å². The molecule has 2 aromatic carbocycles. The third-order valence-corrected chi connectivity index (χ3v) is 4.81. The van der Waals surface area contributed by atoms with Crippen molar-refractivity contribution in [2.24, 2.45) is 10.7 Å². The molecular weight excluding hydrogens is 401 g/mol. The van der Waals surface area contributed by atoms with Gasteiger partial charge in [-0.2, -0.15) is 0 Å². The van der Waals surface area contributed by atoms with Crippen LogP contribution in [-0.2, 0) is 19.4 Å². The highest BCUT2D eigenvalue weighted by Gasteiger charge is 2.32. The summed E-state index contributed by atoms with van der Waals surface area (Å²) in [7, 11) is 0. The molecule has 1 heterocycles. The van der Waals surface area contributed by atoms with Gasteiger partial charge in [-0.1, -0.05) is 42.5 Å². The van der Waals surface area contributed by atoms with Crippen LogP contribution in [0, 0.1) is 0 Å². The van der Waals surface area contributed by atoms with Crippen LogP contribution in [0.3, 0.4) is 0 Å². The molecule has 0 fully saturated rings. The Labute approximate surface area is 170 Å². The van der Waals surface area contributed by atoms with Gasteiger partial charge in [-0.25, -0.2) is 9.98 Å². The van der Waals surface area contributed by atoms with Crippen molar-refractivity contribution in [1.29, 1.82) is 0 Å². The normalized spacial score (nSPS) is 12.0. The number of ether oxygens (including phenoxy) is 1. The maximum atomic E-state index is 12.5. The molecule has 0 saturated carbocycles. The van der Waals surface area contributed by atoms with Crippen LogP contribution in [0.4, 0.5) is 18.9 Å². The van der Waals surface area contributed by atoms with Gasteiger partial charge in [-0.05, 0) is 24.1 Å². The summed E-state index contributed by atoms with van der Waals surface area (Å²) in [6.07, 6.45) is -3.06. The van der Waals surface area contributed by atoms with E-state index in [1.807, 2.05) is 23.6 Å². The maximum absolute atomic E-state index is 12.5.